The topological polar surface area (TPSA) is 30.5 Å². The minimum atomic E-state index is 0.679. The Balaban J connectivity index is 1.64. The second-order valence-corrected chi connectivity index (χ2v) is 6.41. The Kier molecular flexibility index (Phi) is 7.20. The van der Waals surface area contributed by atoms with Crippen LogP contribution in [0.5, 0.6) is 0 Å². The van der Waals surface area contributed by atoms with Gasteiger partial charge in [-0.25, -0.2) is 0 Å². The van der Waals surface area contributed by atoms with Gasteiger partial charge in [0.15, 0.2) is 0 Å². The van der Waals surface area contributed by atoms with Crippen LogP contribution in [0, 0.1) is 11.8 Å². The average molecular weight is 291 g/mol. The Bertz CT molecular complexity index is 383. The van der Waals surface area contributed by atoms with Crippen molar-refractivity contribution in [3.63, 3.8) is 0 Å². The summed E-state index contributed by atoms with van der Waals surface area (Å²) < 4.78 is 11.2. The number of hydrogen-bond donors (Lipinski definition) is 1. The first-order chi connectivity index (χ1) is 10.2. The van der Waals surface area contributed by atoms with Crippen molar-refractivity contribution >= 4 is 0 Å². The van der Waals surface area contributed by atoms with Gasteiger partial charge in [0.1, 0.15) is 0 Å². The van der Waals surface area contributed by atoms with Crippen molar-refractivity contribution in [2.45, 2.75) is 39.8 Å². The second kappa shape index (κ2) is 9.19. The predicted octanol–water partition coefficient (Wildman–Crippen LogP) is 3.38. The molecule has 1 aromatic carbocycles. The number of benzene rings is 1. The zero-order valence-corrected chi connectivity index (χ0v) is 13.4. The molecule has 1 N–H and O–H groups in total. The third kappa shape index (κ3) is 6.60. The van der Waals surface area contributed by atoms with E-state index in [0.717, 1.165) is 52.4 Å². The summed E-state index contributed by atoms with van der Waals surface area (Å²) >= 11 is 0. The van der Waals surface area contributed by atoms with Gasteiger partial charge in [-0.2, -0.15) is 0 Å². The fourth-order valence-electron chi connectivity index (χ4n) is 2.52. The summed E-state index contributed by atoms with van der Waals surface area (Å²) in [5.41, 5.74) is 2.60. The van der Waals surface area contributed by atoms with E-state index in [1.165, 1.54) is 11.1 Å². The molecule has 1 saturated heterocycles. The van der Waals surface area contributed by atoms with Gasteiger partial charge in [0.2, 0.25) is 0 Å². The smallest absolute Gasteiger partial charge is 0.0717 e. The molecule has 21 heavy (non-hydrogen) atoms. The molecule has 0 amide bonds. The molecule has 0 radical (unpaired) electrons. The quantitative estimate of drug-likeness (QED) is 0.796. The monoisotopic (exact) mass is 291 g/mol. The van der Waals surface area contributed by atoms with E-state index in [4.69, 9.17) is 9.47 Å². The molecule has 2 rings (SSSR count). The van der Waals surface area contributed by atoms with Crippen LogP contribution < -0.4 is 5.32 Å². The van der Waals surface area contributed by atoms with E-state index in [1.54, 1.807) is 0 Å². The van der Waals surface area contributed by atoms with Gasteiger partial charge in [0.25, 0.3) is 0 Å². The third-order valence-electron chi connectivity index (χ3n) is 3.87. The Hall–Kier alpha value is -0.900. The maximum absolute atomic E-state index is 5.84. The molecule has 0 aromatic heterocycles. The zero-order chi connectivity index (χ0) is 14.9. The SMILES string of the molecule is CC(C)CNCc1ccc(COCC2CCOCC2)cc1. The highest BCUT2D eigenvalue weighted by Gasteiger charge is 2.13. The third-order valence-corrected chi connectivity index (χ3v) is 3.87. The molecular weight excluding hydrogens is 262 g/mol. The van der Waals surface area contributed by atoms with Crippen LogP contribution in [-0.4, -0.2) is 26.4 Å². The molecule has 3 heteroatoms. The summed E-state index contributed by atoms with van der Waals surface area (Å²) in [5.74, 6) is 1.38. The van der Waals surface area contributed by atoms with Crippen molar-refractivity contribution in [2.75, 3.05) is 26.4 Å². The van der Waals surface area contributed by atoms with Crippen LogP contribution in [0.1, 0.15) is 37.8 Å². The van der Waals surface area contributed by atoms with Gasteiger partial charge >= 0.3 is 0 Å². The first-order valence-electron chi connectivity index (χ1n) is 8.18. The molecule has 3 nitrogen and oxygen atoms in total. The molecule has 1 fully saturated rings. The number of hydrogen-bond acceptors (Lipinski definition) is 3. The lowest BCUT2D eigenvalue weighted by Gasteiger charge is -2.21. The van der Waals surface area contributed by atoms with Gasteiger partial charge in [-0.1, -0.05) is 38.1 Å². The van der Waals surface area contributed by atoms with E-state index in [9.17, 15) is 0 Å². The maximum Gasteiger partial charge on any atom is 0.0717 e. The fraction of sp³-hybridized carbons (Fsp3) is 0.667. The highest BCUT2D eigenvalue weighted by molar-refractivity contribution is 5.21. The second-order valence-electron chi connectivity index (χ2n) is 6.41. The lowest BCUT2D eigenvalue weighted by atomic mass is 10.0. The molecule has 0 unspecified atom stereocenters. The van der Waals surface area contributed by atoms with Crippen LogP contribution in [0.4, 0.5) is 0 Å². The Morgan fingerprint density at radius 1 is 1.14 bits per heavy atom. The summed E-state index contributed by atoms with van der Waals surface area (Å²) in [6.45, 7) is 9.84. The van der Waals surface area contributed by atoms with E-state index < -0.39 is 0 Å². The molecule has 1 aliphatic rings. The zero-order valence-electron chi connectivity index (χ0n) is 13.4. The van der Waals surface area contributed by atoms with Gasteiger partial charge < -0.3 is 14.8 Å². The number of ether oxygens (including phenoxy) is 2. The van der Waals surface area contributed by atoms with Gasteiger partial charge in [-0.3, -0.25) is 0 Å². The predicted molar refractivity (Wildman–Crippen MR) is 86.2 cm³/mol. The first-order valence-corrected chi connectivity index (χ1v) is 8.18. The van der Waals surface area contributed by atoms with Crippen molar-refractivity contribution in [1.29, 1.82) is 0 Å². The summed E-state index contributed by atoms with van der Waals surface area (Å²) in [5, 5.41) is 3.46. The van der Waals surface area contributed by atoms with Gasteiger partial charge in [-0.15, -0.1) is 0 Å². The lowest BCUT2D eigenvalue weighted by molar-refractivity contribution is 0.0157. The minimum Gasteiger partial charge on any atom is -0.381 e. The van der Waals surface area contributed by atoms with Crippen molar-refractivity contribution in [2.24, 2.45) is 11.8 Å². The van der Waals surface area contributed by atoms with Gasteiger partial charge in [0, 0.05) is 19.8 Å². The van der Waals surface area contributed by atoms with Crippen LogP contribution in [0.2, 0.25) is 0 Å². The van der Waals surface area contributed by atoms with Crippen LogP contribution in [0.15, 0.2) is 24.3 Å². The Morgan fingerprint density at radius 2 is 1.81 bits per heavy atom. The van der Waals surface area contributed by atoms with Crippen LogP contribution in [0.3, 0.4) is 0 Å². The Morgan fingerprint density at radius 3 is 2.48 bits per heavy atom. The molecule has 1 aliphatic heterocycles. The summed E-state index contributed by atoms with van der Waals surface area (Å²) in [7, 11) is 0. The van der Waals surface area contributed by atoms with Gasteiger partial charge in [0.05, 0.1) is 13.2 Å². The number of nitrogens with one attached hydrogen (secondary N) is 1. The molecule has 118 valence electrons. The van der Waals surface area contributed by atoms with Crippen molar-refractivity contribution in [3.05, 3.63) is 35.4 Å². The van der Waals surface area contributed by atoms with E-state index in [2.05, 4.69) is 43.4 Å². The summed E-state index contributed by atoms with van der Waals surface area (Å²) in [4.78, 5) is 0. The van der Waals surface area contributed by atoms with Gasteiger partial charge in [-0.05, 0) is 42.3 Å². The van der Waals surface area contributed by atoms with Crippen molar-refractivity contribution < 1.29 is 9.47 Å². The molecule has 0 saturated carbocycles. The maximum atomic E-state index is 5.84. The van der Waals surface area contributed by atoms with E-state index in [-0.39, 0.29) is 0 Å². The normalized spacial score (nSPS) is 16.5. The van der Waals surface area contributed by atoms with Crippen LogP contribution >= 0.6 is 0 Å². The molecule has 1 aromatic rings. The highest BCUT2D eigenvalue weighted by atomic mass is 16.5. The standard InChI is InChI=1S/C18H29NO2/c1-15(2)11-19-12-16-3-5-17(6-4-16)13-21-14-18-7-9-20-10-8-18/h3-6,15,18-19H,7-14H2,1-2H3. The molecular formula is C18H29NO2. The summed E-state index contributed by atoms with van der Waals surface area (Å²) in [6, 6.07) is 8.74. The molecule has 0 atom stereocenters. The van der Waals surface area contributed by atoms with Crippen LogP contribution in [0.25, 0.3) is 0 Å². The van der Waals surface area contributed by atoms with Crippen LogP contribution in [-0.2, 0) is 22.6 Å². The largest absolute Gasteiger partial charge is 0.381 e. The Labute approximate surface area is 129 Å². The van der Waals surface area contributed by atoms with E-state index in [0.29, 0.717) is 11.8 Å². The minimum absolute atomic E-state index is 0.679. The molecule has 0 spiro atoms. The molecule has 0 aliphatic carbocycles. The lowest BCUT2D eigenvalue weighted by Crippen LogP contribution is -2.20. The average Bonchev–Trinajstić information content (AvgIpc) is 2.50. The van der Waals surface area contributed by atoms with Crippen molar-refractivity contribution in [3.8, 4) is 0 Å². The first kappa shape index (κ1) is 16.5. The fourth-order valence-corrected chi connectivity index (χ4v) is 2.52. The summed E-state index contributed by atoms with van der Waals surface area (Å²) in [6.07, 6.45) is 2.28. The van der Waals surface area contributed by atoms with Crippen molar-refractivity contribution in [1.82, 2.24) is 5.32 Å². The molecule has 1 heterocycles. The van der Waals surface area contributed by atoms with E-state index >= 15 is 0 Å². The van der Waals surface area contributed by atoms with E-state index in [1.807, 2.05) is 0 Å². The number of rotatable bonds is 8. The highest BCUT2D eigenvalue weighted by Crippen LogP contribution is 2.15. The molecule has 0 bridgehead atoms.